The van der Waals surface area contributed by atoms with Crippen molar-refractivity contribution in [1.29, 1.82) is 0 Å². The van der Waals surface area contributed by atoms with Crippen LogP contribution in [0.3, 0.4) is 0 Å². The van der Waals surface area contributed by atoms with Crippen LogP contribution in [0.1, 0.15) is 24.4 Å². The Hall–Kier alpha value is -1.79. The minimum atomic E-state index is 0.150. The number of rotatable bonds is 5. The van der Waals surface area contributed by atoms with Crippen molar-refractivity contribution in [2.45, 2.75) is 25.9 Å². The van der Waals surface area contributed by atoms with Gasteiger partial charge in [-0.25, -0.2) is 0 Å². The second kappa shape index (κ2) is 5.68. The minimum absolute atomic E-state index is 0.150. The molecule has 0 saturated carbocycles. The van der Waals surface area contributed by atoms with E-state index < -0.39 is 0 Å². The Labute approximate surface area is 122 Å². The molecule has 104 valence electrons. The Morgan fingerprint density at radius 2 is 2.20 bits per heavy atom. The van der Waals surface area contributed by atoms with Crippen molar-refractivity contribution >= 4 is 22.6 Å². The molecule has 0 bridgehead atoms. The van der Waals surface area contributed by atoms with Crippen molar-refractivity contribution in [1.82, 2.24) is 23.8 Å². The van der Waals surface area contributed by atoms with Gasteiger partial charge in [0.15, 0.2) is 0 Å². The molecule has 2 aromatic heterocycles. The molecule has 0 aliphatic heterocycles. The average Bonchev–Trinajstić information content (AvgIpc) is 3.13. The van der Waals surface area contributed by atoms with Crippen LogP contribution in [0.15, 0.2) is 30.5 Å². The van der Waals surface area contributed by atoms with Gasteiger partial charge in [-0.05, 0) is 20.0 Å². The van der Waals surface area contributed by atoms with Gasteiger partial charge in [0, 0.05) is 18.4 Å². The Bertz CT molecular complexity index is 689. The molecule has 0 aliphatic carbocycles. The van der Waals surface area contributed by atoms with Crippen LogP contribution in [-0.2, 0) is 13.0 Å². The molecule has 0 radical (unpaired) electrons. The smallest absolute Gasteiger partial charge is 0.0916 e. The lowest BCUT2D eigenvalue weighted by Crippen LogP contribution is -2.19. The molecular weight excluding hydrogens is 270 g/mol. The summed E-state index contributed by atoms with van der Waals surface area (Å²) in [6, 6.07) is 8.52. The molecule has 2 heterocycles. The first kappa shape index (κ1) is 13.2. The maximum absolute atomic E-state index is 4.74. The van der Waals surface area contributed by atoms with Gasteiger partial charge >= 0.3 is 0 Å². The van der Waals surface area contributed by atoms with E-state index in [1.165, 1.54) is 22.6 Å². The standard InChI is InChI=1S/C14H17N5S/c1-3-19-14-7-5-4-6-10(14)11(17-19)8-12(15-2)13-9-16-20-18-13/h4-7,9,12,15H,3,8H2,1-2H3. The molecule has 1 atom stereocenters. The summed E-state index contributed by atoms with van der Waals surface area (Å²) in [6.45, 7) is 2.99. The fraction of sp³-hybridized carbons (Fsp3) is 0.357. The van der Waals surface area contributed by atoms with Crippen LogP contribution in [0.4, 0.5) is 0 Å². The normalized spacial score (nSPS) is 12.9. The van der Waals surface area contributed by atoms with Gasteiger partial charge in [0.25, 0.3) is 0 Å². The molecule has 1 unspecified atom stereocenters. The van der Waals surface area contributed by atoms with Crippen molar-refractivity contribution < 1.29 is 0 Å². The summed E-state index contributed by atoms with van der Waals surface area (Å²) in [5.74, 6) is 0. The van der Waals surface area contributed by atoms with Crippen LogP contribution in [0.25, 0.3) is 10.9 Å². The van der Waals surface area contributed by atoms with Crippen LogP contribution in [0, 0.1) is 0 Å². The van der Waals surface area contributed by atoms with E-state index in [1.54, 1.807) is 0 Å². The van der Waals surface area contributed by atoms with E-state index in [0.717, 1.165) is 24.4 Å². The summed E-state index contributed by atoms with van der Waals surface area (Å²) >= 11 is 1.24. The molecule has 0 saturated heterocycles. The second-order valence-corrected chi connectivity index (χ2v) is 5.21. The molecule has 0 fully saturated rings. The first-order chi connectivity index (χ1) is 9.83. The molecule has 5 nitrogen and oxygen atoms in total. The van der Waals surface area contributed by atoms with Gasteiger partial charge in [-0.3, -0.25) is 4.68 Å². The van der Waals surface area contributed by atoms with Crippen molar-refractivity contribution in [2.24, 2.45) is 0 Å². The number of benzene rings is 1. The number of hydrogen-bond acceptors (Lipinski definition) is 5. The van der Waals surface area contributed by atoms with E-state index in [2.05, 4.69) is 49.9 Å². The lowest BCUT2D eigenvalue weighted by Gasteiger charge is -2.11. The van der Waals surface area contributed by atoms with Crippen LogP contribution in [-0.4, -0.2) is 25.6 Å². The first-order valence-corrected chi connectivity index (χ1v) is 7.45. The van der Waals surface area contributed by atoms with Crippen molar-refractivity contribution in [3.05, 3.63) is 41.9 Å². The van der Waals surface area contributed by atoms with Crippen molar-refractivity contribution in [3.8, 4) is 0 Å². The average molecular weight is 287 g/mol. The predicted molar refractivity (Wildman–Crippen MR) is 80.8 cm³/mol. The van der Waals surface area contributed by atoms with Crippen LogP contribution < -0.4 is 5.32 Å². The van der Waals surface area contributed by atoms with Gasteiger partial charge in [-0.1, -0.05) is 18.2 Å². The highest BCUT2D eigenvalue weighted by Crippen LogP contribution is 2.23. The third-order valence-corrected chi connectivity index (χ3v) is 4.01. The summed E-state index contributed by atoms with van der Waals surface area (Å²) in [4.78, 5) is 0. The van der Waals surface area contributed by atoms with E-state index in [9.17, 15) is 0 Å². The highest BCUT2D eigenvalue weighted by atomic mass is 32.1. The first-order valence-electron chi connectivity index (χ1n) is 6.72. The Morgan fingerprint density at radius 3 is 2.90 bits per heavy atom. The zero-order chi connectivity index (χ0) is 13.9. The third kappa shape index (κ3) is 2.32. The van der Waals surface area contributed by atoms with E-state index in [4.69, 9.17) is 5.10 Å². The number of nitrogens with one attached hydrogen (secondary N) is 1. The van der Waals surface area contributed by atoms with Gasteiger partial charge in [0.1, 0.15) is 0 Å². The molecule has 6 heteroatoms. The fourth-order valence-corrected chi connectivity index (χ4v) is 2.93. The molecule has 20 heavy (non-hydrogen) atoms. The summed E-state index contributed by atoms with van der Waals surface area (Å²) < 4.78 is 10.5. The molecule has 0 spiro atoms. The lowest BCUT2D eigenvalue weighted by atomic mass is 10.1. The molecule has 1 aromatic carbocycles. The third-order valence-electron chi connectivity index (χ3n) is 3.52. The summed E-state index contributed by atoms with van der Waals surface area (Å²) in [7, 11) is 1.95. The monoisotopic (exact) mass is 287 g/mol. The zero-order valence-electron chi connectivity index (χ0n) is 11.6. The van der Waals surface area contributed by atoms with Crippen molar-refractivity contribution in [2.75, 3.05) is 7.05 Å². The van der Waals surface area contributed by atoms with Crippen molar-refractivity contribution in [3.63, 3.8) is 0 Å². The van der Waals surface area contributed by atoms with Crippen LogP contribution in [0.2, 0.25) is 0 Å². The van der Waals surface area contributed by atoms with E-state index >= 15 is 0 Å². The fourth-order valence-electron chi connectivity index (χ4n) is 2.46. The van der Waals surface area contributed by atoms with Gasteiger partial charge in [-0.15, -0.1) is 0 Å². The topological polar surface area (TPSA) is 55.6 Å². The minimum Gasteiger partial charge on any atom is -0.311 e. The Kier molecular flexibility index (Phi) is 3.75. The SMILES string of the molecule is CCn1nc(CC(NC)c2cnsn2)c2ccccc21. The van der Waals surface area contributed by atoms with Gasteiger partial charge in [0.05, 0.1) is 40.9 Å². The van der Waals surface area contributed by atoms with E-state index in [-0.39, 0.29) is 6.04 Å². The lowest BCUT2D eigenvalue weighted by molar-refractivity contribution is 0.563. The number of likely N-dealkylation sites (N-methyl/N-ethyl adjacent to an activating group) is 1. The molecule has 3 aromatic rings. The van der Waals surface area contributed by atoms with E-state index in [0.29, 0.717) is 0 Å². The number of para-hydroxylation sites is 1. The molecule has 0 amide bonds. The number of fused-ring (bicyclic) bond motifs is 1. The molecule has 1 N–H and O–H groups in total. The zero-order valence-corrected chi connectivity index (χ0v) is 12.4. The Balaban J connectivity index is 1.98. The predicted octanol–water partition coefficient (Wildman–Crippen LogP) is 2.41. The van der Waals surface area contributed by atoms with Gasteiger partial charge < -0.3 is 5.32 Å². The summed E-state index contributed by atoms with van der Waals surface area (Å²) in [5.41, 5.74) is 3.28. The van der Waals surface area contributed by atoms with E-state index in [1.807, 2.05) is 13.2 Å². The molecule has 0 aliphatic rings. The highest BCUT2D eigenvalue weighted by Gasteiger charge is 2.17. The largest absolute Gasteiger partial charge is 0.311 e. The maximum Gasteiger partial charge on any atom is 0.0916 e. The molecule has 3 rings (SSSR count). The summed E-state index contributed by atoms with van der Waals surface area (Å²) in [6.07, 6.45) is 2.64. The summed E-state index contributed by atoms with van der Waals surface area (Å²) in [5, 5.41) is 9.26. The maximum atomic E-state index is 4.74. The quantitative estimate of drug-likeness (QED) is 0.783. The van der Waals surface area contributed by atoms with Gasteiger partial charge in [0.2, 0.25) is 0 Å². The number of hydrogen-bond donors (Lipinski definition) is 1. The number of aromatic nitrogens is 4. The van der Waals surface area contributed by atoms with Crippen LogP contribution in [0.5, 0.6) is 0 Å². The molecular formula is C14H17N5S. The number of aryl methyl sites for hydroxylation is 1. The van der Waals surface area contributed by atoms with Crippen LogP contribution >= 0.6 is 11.7 Å². The number of nitrogens with zero attached hydrogens (tertiary/aromatic N) is 4. The highest BCUT2D eigenvalue weighted by molar-refractivity contribution is 6.99. The Morgan fingerprint density at radius 1 is 1.35 bits per heavy atom. The second-order valence-electron chi connectivity index (χ2n) is 4.66. The van der Waals surface area contributed by atoms with Gasteiger partial charge in [-0.2, -0.15) is 13.8 Å².